The molecule has 8 heteroatoms. The molecule has 0 unspecified atom stereocenters. The van der Waals surface area contributed by atoms with Crippen LogP contribution in [0.5, 0.6) is 5.75 Å². The van der Waals surface area contributed by atoms with Crippen molar-refractivity contribution in [2.45, 2.75) is 32.5 Å². The number of aryl methyl sites for hydroxylation is 1. The molecule has 1 N–H and O–H groups in total. The van der Waals surface area contributed by atoms with E-state index in [1.54, 1.807) is 24.0 Å². The molecule has 136 valence electrons. The summed E-state index contributed by atoms with van der Waals surface area (Å²) in [4.78, 5) is 12.2. The standard InChI is InChI=1S/C18H22N6O2/c1-15(18(25)19-9-5-11-23-12-6-10-20-23)24-13-16(21-22-24)14-26-17-7-3-2-4-8-17/h2-4,6-8,10,12-13,15H,5,9,11,14H2,1H3,(H,19,25)/t15-/m0/s1. The van der Waals surface area contributed by atoms with E-state index < -0.39 is 6.04 Å². The fraction of sp³-hybridized carbons (Fsp3) is 0.333. The minimum Gasteiger partial charge on any atom is -0.487 e. The van der Waals surface area contributed by atoms with Crippen molar-refractivity contribution < 1.29 is 9.53 Å². The van der Waals surface area contributed by atoms with Gasteiger partial charge in [0.25, 0.3) is 0 Å². The Bertz CT molecular complexity index is 800. The van der Waals surface area contributed by atoms with E-state index in [0.717, 1.165) is 18.7 Å². The molecule has 0 spiro atoms. The van der Waals surface area contributed by atoms with Crippen molar-refractivity contribution in [1.82, 2.24) is 30.1 Å². The summed E-state index contributed by atoms with van der Waals surface area (Å²) in [5, 5.41) is 15.1. The maximum absolute atomic E-state index is 12.2. The molecule has 1 atom stereocenters. The van der Waals surface area contributed by atoms with Crippen molar-refractivity contribution in [3.8, 4) is 5.75 Å². The number of hydrogen-bond donors (Lipinski definition) is 1. The van der Waals surface area contributed by atoms with E-state index in [1.165, 1.54) is 0 Å². The van der Waals surface area contributed by atoms with Crippen LogP contribution in [-0.4, -0.2) is 37.2 Å². The number of hydrogen-bond acceptors (Lipinski definition) is 5. The first-order valence-corrected chi connectivity index (χ1v) is 8.56. The quantitative estimate of drug-likeness (QED) is 0.592. The van der Waals surface area contributed by atoms with Crippen LogP contribution in [0.1, 0.15) is 25.1 Å². The molecule has 0 aliphatic heterocycles. The van der Waals surface area contributed by atoms with Crippen molar-refractivity contribution in [3.05, 3.63) is 60.7 Å². The molecule has 2 aromatic heterocycles. The molecule has 0 saturated heterocycles. The summed E-state index contributed by atoms with van der Waals surface area (Å²) in [6.45, 7) is 3.45. The van der Waals surface area contributed by atoms with Gasteiger partial charge in [0.2, 0.25) is 5.91 Å². The number of nitrogens with one attached hydrogen (secondary N) is 1. The molecular formula is C18H22N6O2. The molecule has 0 bridgehead atoms. The van der Waals surface area contributed by atoms with Gasteiger partial charge in [0.1, 0.15) is 24.1 Å². The van der Waals surface area contributed by atoms with Crippen LogP contribution in [-0.2, 0) is 17.9 Å². The third-order valence-electron chi connectivity index (χ3n) is 3.89. The minimum atomic E-state index is -0.433. The molecule has 1 amide bonds. The predicted molar refractivity (Wildman–Crippen MR) is 95.4 cm³/mol. The van der Waals surface area contributed by atoms with Crippen molar-refractivity contribution in [3.63, 3.8) is 0 Å². The second kappa shape index (κ2) is 8.80. The van der Waals surface area contributed by atoms with Gasteiger partial charge in [0, 0.05) is 25.5 Å². The van der Waals surface area contributed by atoms with Gasteiger partial charge in [0.05, 0.1) is 6.20 Å². The van der Waals surface area contributed by atoms with E-state index in [-0.39, 0.29) is 5.91 Å². The van der Waals surface area contributed by atoms with E-state index in [4.69, 9.17) is 4.74 Å². The third kappa shape index (κ3) is 4.92. The topological polar surface area (TPSA) is 86.9 Å². The van der Waals surface area contributed by atoms with E-state index in [0.29, 0.717) is 18.8 Å². The second-order valence-electron chi connectivity index (χ2n) is 5.88. The van der Waals surface area contributed by atoms with Crippen LogP contribution < -0.4 is 10.1 Å². The number of benzene rings is 1. The molecule has 0 radical (unpaired) electrons. The molecule has 0 aliphatic carbocycles. The van der Waals surface area contributed by atoms with Crippen LogP contribution in [0.2, 0.25) is 0 Å². The van der Waals surface area contributed by atoms with Gasteiger partial charge in [-0.1, -0.05) is 23.4 Å². The van der Waals surface area contributed by atoms with Crippen molar-refractivity contribution >= 4 is 5.91 Å². The average Bonchev–Trinajstić information content (AvgIpc) is 3.35. The molecular weight excluding hydrogens is 332 g/mol. The van der Waals surface area contributed by atoms with Gasteiger partial charge in [-0.2, -0.15) is 5.10 Å². The number of carbonyl (C=O) groups is 1. The zero-order valence-corrected chi connectivity index (χ0v) is 14.7. The summed E-state index contributed by atoms with van der Waals surface area (Å²) in [5.41, 5.74) is 0.673. The van der Waals surface area contributed by atoms with Crippen LogP contribution in [0.4, 0.5) is 0 Å². The number of rotatable bonds is 9. The number of aromatic nitrogens is 5. The van der Waals surface area contributed by atoms with E-state index in [1.807, 2.05) is 47.3 Å². The normalized spacial score (nSPS) is 11.9. The smallest absolute Gasteiger partial charge is 0.244 e. The van der Waals surface area contributed by atoms with Gasteiger partial charge < -0.3 is 10.1 Å². The highest BCUT2D eigenvalue weighted by molar-refractivity contribution is 5.79. The SMILES string of the molecule is C[C@@H](C(=O)NCCCn1cccn1)n1cc(COc2ccccc2)nn1. The minimum absolute atomic E-state index is 0.0918. The second-order valence-corrected chi connectivity index (χ2v) is 5.88. The number of nitrogens with zero attached hydrogens (tertiary/aromatic N) is 5. The maximum Gasteiger partial charge on any atom is 0.244 e. The summed E-state index contributed by atoms with van der Waals surface area (Å²) in [6, 6.07) is 10.9. The Balaban J connectivity index is 1.42. The Kier molecular flexibility index (Phi) is 5.97. The lowest BCUT2D eigenvalue weighted by Gasteiger charge is -2.11. The number of ether oxygens (including phenoxy) is 1. The van der Waals surface area contributed by atoms with Gasteiger partial charge >= 0.3 is 0 Å². The fourth-order valence-electron chi connectivity index (χ4n) is 2.40. The molecule has 3 aromatic rings. The van der Waals surface area contributed by atoms with Crippen molar-refractivity contribution in [2.24, 2.45) is 0 Å². The first kappa shape index (κ1) is 17.7. The Labute approximate surface area is 151 Å². The summed E-state index contributed by atoms with van der Waals surface area (Å²) in [6.07, 6.45) is 6.19. The monoisotopic (exact) mass is 354 g/mol. The molecule has 0 fully saturated rings. The zero-order valence-electron chi connectivity index (χ0n) is 14.7. The Morgan fingerprint density at radius 2 is 2.12 bits per heavy atom. The van der Waals surface area contributed by atoms with Crippen LogP contribution in [0.3, 0.4) is 0 Å². The van der Waals surface area contributed by atoms with Gasteiger partial charge in [0.15, 0.2) is 0 Å². The summed E-state index contributed by atoms with van der Waals surface area (Å²) >= 11 is 0. The maximum atomic E-state index is 12.2. The lowest BCUT2D eigenvalue weighted by Crippen LogP contribution is -2.32. The number of amides is 1. The molecule has 2 heterocycles. The molecule has 0 aliphatic rings. The Morgan fingerprint density at radius 1 is 1.27 bits per heavy atom. The van der Waals surface area contributed by atoms with Gasteiger partial charge in [-0.3, -0.25) is 9.48 Å². The third-order valence-corrected chi connectivity index (χ3v) is 3.89. The molecule has 8 nitrogen and oxygen atoms in total. The molecule has 26 heavy (non-hydrogen) atoms. The first-order valence-electron chi connectivity index (χ1n) is 8.56. The molecule has 1 aromatic carbocycles. The highest BCUT2D eigenvalue weighted by Crippen LogP contribution is 2.11. The largest absolute Gasteiger partial charge is 0.487 e. The van der Waals surface area contributed by atoms with Crippen LogP contribution >= 0.6 is 0 Å². The average molecular weight is 354 g/mol. The Hall–Kier alpha value is -3.16. The molecule has 0 saturated carbocycles. The Morgan fingerprint density at radius 3 is 2.88 bits per heavy atom. The number of para-hydroxylation sites is 1. The summed E-state index contributed by atoms with van der Waals surface area (Å²) < 4.78 is 9.02. The fourth-order valence-corrected chi connectivity index (χ4v) is 2.40. The van der Waals surface area contributed by atoms with Crippen LogP contribution in [0.25, 0.3) is 0 Å². The number of carbonyl (C=O) groups excluding carboxylic acids is 1. The van der Waals surface area contributed by atoms with E-state index in [2.05, 4.69) is 20.7 Å². The first-order chi connectivity index (χ1) is 12.7. The highest BCUT2D eigenvalue weighted by Gasteiger charge is 2.16. The van der Waals surface area contributed by atoms with Gasteiger partial charge in [-0.15, -0.1) is 5.10 Å². The van der Waals surface area contributed by atoms with Crippen molar-refractivity contribution in [2.75, 3.05) is 6.54 Å². The van der Waals surface area contributed by atoms with Crippen LogP contribution in [0, 0.1) is 0 Å². The van der Waals surface area contributed by atoms with Crippen molar-refractivity contribution in [1.29, 1.82) is 0 Å². The van der Waals surface area contributed by atoms with Crippen LogP contribution in [0.15, 0.2) is 55.0 Å². The van der Waals surface area contributed by atoms with Gasteiger partial charge in [-0.25, -0.2) is 4.68 Å². The predicted octanol–water partition coefficient (Wildman–Crippen LogP) is 1.82. The highest BCUT2D eigenvalue weighted by atomic mass is 16.5. The van der Waals surface area contributed by atoms with Gasteiger partial charge in [-0.05, 0) is 31.5 Å². The van der Waals surface area contributed by atoms with E-state index >= 15 is 0 Å². The summed E-state index contributed by atoms with van der Waals surface area (Å²) in [7, 11) is 0. The zero-order chi connectivity index (χ0) is 18.2. The summed E-state index contributed by atoms with van der Waals surface area (Å²) in [5.74, 6) is 0.677. The lowest BCUT2D eigenvalue weighted by molar-refractivity contribution is -0.124. The lowest BCUT2D eigenvalue weighted by atomic mass is 10.3. The molecule has 3 rings (SSSR count). The van der Waals surface area contributed by atoms with E-state index in [9.17, 15) is 4.79 Å².